The minimum atomic E-state index is -1.19. The van der Waals surface area contributed by atoms with Crippen LogP contribution in [0.25, 0.3) is 0 Å². The number of rotatable bonds is 8. The number of likely N-dealkylation sites (N-methyl/N-ethyl adjacent to an activating group) is 2. The van der Waals surface area contributed by atoms with Crippen molar-refractivity contribution in [3.05, 3.63) is 34.9 Å². The van der Waals surface area contributed by atoms with Gasteiger partial charge in [-0.05, 0) is 45.3 Å². The normalized spacial score (nSPS) is 20.8. The average Bonchev–Trinajstić information content (AvgIpc) is 2.74. The third-order valence-corrected chi connectivity index (χ3v) is 6.51. The summed E-state index contributed by atoms with van der Waals surface area (Å²) < 4.78 is 10.5. The molecule has 1 aliphatic rings. The number of esters is 1. The van der Waals surface area contributed by atoms with Crippen molar-refractivity contribution in [2.24, 2.45) is 5.92 Å². The number of Topliss-reactive ketones (excluding diaryl/α,β-unsaturated/α-hetero) is 1. The largest absolute Gasteiger partial charge is 0.427 e. The first-order chi connectivity index (χ1) is 14.7. The highest BCUT2D eigenvalue weighted by Gasteiger charge is 2.48. The van der Waals surface area contributed by atoms with Crippen molar-refractivity contribution in [1.29, 1.82) is 0 Å². The Morgan fingerprint density at radius 3 is 2.42 bits per heavy atom. The molecule has 0 aliphatic heterocycles. The van der Waals surface area contributed by atoms with Crippen molar-refractivity contribution in [1.82, 2.24) is 9.80 Å². The maximum absolute atomic E-state index is 13.1. The predicted molar refractivity (Wildman–Crippen MR) is 119 cm³/mol. The van der Waals surface area contributed by atoms with E-state index >= 15 is 0 Å². The van der Waals surface area contributed by atoms with E-state index in [0.29, 0.717) is 23.4 Å². The lowest BCUT2D eigenvalue weighted by Gasteiger charge is -2.43. The summed E-state index contributed by atoms with van der Waals surface area (Å²) in [6.07, 6.45) is 2.43. The highest BCUT2D eigenvalue weighted by Crippen LogP contribution is 2.42. The number of halogens is 1. The van der Waals surface area contributed by atoms with Crippen molar-refractivity contribution in [3.8, 4) is 0 Å². The molecule has 1 amide bonds. The molecule has 31 heavy (non-hydrogen) atoms. The molecule has 172 valence electrons. The van der Waals surface area contributed by atoms with E-state index in [1.54, 1.807) is 43.3 Å². The van der Waals surface area contributed by atoms with Gasteiger partial charge < -0.3 is 9.47 Å². The Morgan fingerprint density at radius 1 is 1.16 bits per heavy atom. The second-order valence-corrected chi connectivity index (χ2v) is 8.72. The van der Waals surface area contributed by atoms with Crippen LogP contribution in [0.2, 0.25) is 5.02 Å². The second-order valence-electron chi connectivity index (χ2n) is 8.31. The van der Waals surface area contributed by atoms with Crippen LogP contribution in [0.1, 0.15) is 51.5 Å². The third kappa shape index (κ3) is 5.39. The minimum Gasteiger partial charge on any atom is -0.427 e. The molecular formula is C23H33ClN2O5. The third-order valence-electron chi connectivity index (χ3n) is 6.18. The Kier molecular flexibility index (Phi) is 8.89. The van der Waals surface area contributed by atoms with Gasteiger partial charge in [0.15, 0.2) is 5.78 Å². The van der Waals surface area contributed by atoms with Gasteiger partial charge in [-0.1, -0.05) is 50.1 Å². The number of ketones is 1. The van der Waals surface area contributed by atoms with E-state index < -0.39 is 30.4 Å². The number of hydrogen-bond donors (Lipinski definition) is 0. The van der Waals surface area contributed by atoms with E-state index in [-0.39, 0.29) is 11.7 Å². The fourth-order valence-corrected chi connectivity index (χ4v) is 4.57. The van der Waals surface area contributed by atoms with Crippen LogP contribution in [0.4, 0.5) is 4.79 Å². The van der Waals surface area contributed by atoms with Gasteiger partial charge in [0.05, 0.1) is 0 Å². The van der Waals surface area contributed by atoms with Crippen LogP contribution in [0.3, 0.4) is 0 Å². The highest BCUT2D eigenvalue weighted by molar-refractivity contribution is 6.31. The summed E-state index contributed by atoms with van der Waals surface area (Å²) in [4.78, 5) is 41.5. The second kappa shape index (κ2) is 11.0. The van der Waals surface area contributed by atoms with Gasteiger partial charge >= 0.3 is 12.1 Å². The zero-order valence-corrected chi connectivity index (χ0v) is 19.8. The summed E-state index contributed by atoms with van der Waals surface area (Å²) in [5.41, 5.74) is -0.608. The lowest BCUT2D eigenvalue weighted by Crippen LogP contribution is -2.54. The van der Waals surface area contributed by atoms with E-state index in [1.165, 1.54) is 11.9 Å². The van der Waals surface area contributed by atoms with Gasteiger partial charge in [-0.3, -0.25) is 19.4 Å². The number of carbonyl (C=O) groups is 3. The van der Waals surface area contributed by atoms with Crippen molar-refractivity contribution in [2.45, 2.75) is 57.5 Å². The first-order valence-corrected chi connectivity index (χ1v) is 11.1. The first-order valence-electron chi connectivity index (χ1n) is 10.7. The molecule has 0 saturated heterocycles. The molecule has 1 fully saturated rings. The molecule has 1 saturated carbocycles. The molecule has 1 unspecified atom stereocenters. The van der Waals surface area contributed by atoms with E-state index in [1.807, 2.05) is 13.8 Å². The van der Waals surface area contributed by atoms with Gasteiger partial charge in [0.25, 0.3) is 0 Å². The Balaban J connectivity index is 2.13. The van der Waals surface area contributed by atoms with Gasteiger partial charge in [0.2, 0.25) is 6.79 Å². The zero-order chi connectivity index (χ0) is 23.2. The molecule has 1 aromatic carbocycles. The fraction of sp³-hybridized carbons (Fsp3) is 0.609. The highest BCUT2D eigenvalue weighted by atomic mass is 35.5. The quantitative estimate of drug-likeness (QED) is 0.434. The fourth-order valence-electron chi connectivity index (χ4n) is 4.28. The molecule has 0 radical (unpaired) electrons. The SMILES string of the molecule is CCC(C)[C@@H](C(=O)OCOC(=O)N(C)[C@]1(c2ccccc2Cl)CCCCC1=O)N(C)C. The molecule has 0 spiro atoms. The van der Waals surface area contributed by atoms with Crippen molar-refractivity contribution in [2.75, 3.05) is 27.9 Å². The topological polar surface area (TPSA) is 76.1 Å². The number of hydrogen-bond acceptors (Lipinski definition) is 6. The standard InChI is InChI=1S/C23H33ClN2O5/c1-6-16(2)20(25(3)4)21(28)30-15-31-22(29)26(5)23(14-10-9-13-19(23)27)17-11-7-8-12-18(17)24/h7-8,11-12,16,20H,6,9-10,13-15H2,1-5H3/t16?,20-,23-/m0/s1. The van der Waals surface area contributed by atoms with Crippen LogP contribution in [0.5, 0.6) is 0 Å². The Morgan fingerprint density at radius 2 is 1.84 bits per heavy atom. The molecule has 7 nitrogen and oxygen atoms in total. The molecule has 2 rings (SSSR count). The van der Waals surface area contributed by atoms with Crippen LogP contribution in [0.15, 0.2) is 24.3 Å². The van der Waals surface area contributed by atoms with Crippen LogP contribution >= 0.6 is 11.6 Å². The van der Waals surface area contributed by atoms with Crippen LogP contribution in [-0.4, -0.2) is 61.6 Å². The Labute approximate surface area is 189 Å². The van der Waals surface area contributed by atoms with Gasteiger partial charge in [-0.2, -0.15) is 0 Å². The van der Waals surface area contributed by atoms with Crippen LogP contribution in [0, 0.1) is 5.92 Å². The molecule has 0 aromatic heterocycles. The smallest absolute Gasteiger partial charge is 0.413 e. The number of carbonyl (C=O) groups excluding carboxylic acids is 3. The average molecular weight is 453 g/mol. The van der Waals surface area contributed by atoms with E-state index in [0.717, 1.165) is 19.3 Å². The van der Waals surface area contributed by atoms with E-state index in [2.05, 4.69) is 0 Å². The molecule has 0 bridgehead atoms. The molecule has 3 atom stereocenters. The maximum Gasteiger partial charge on any atom is 0.413 e. The number of nitrogens with zero attached hydrogens (tertiary/aromatic N) is 2. The number of benzene rings is 1. The minimum absolute atomic E-state index is 0.0762. The van der Waals surface area contributed by atoms with Crippen molar-refractivity contribution < 1.29 is 23.9 Å². The maximum atomic E-state index is 13.1. The molecule has 0 heterocycles. The Hall–Kier alpha value is -2.12. The molecule has 1 aliphatic carbocycles. The molecule has 0 N–H and O–H groups in total. The first kappa shape index (κ1) is 25.1. The summed E-state index contributed by atoms with van der Waals surface area (Å²) in [5.74, 6) is -0.443. The lowest BCUT2D eigenvalue weighted by molar-refractivity contribution is -0.160. The van der Waals surface area contributed by atoms with Gasteiger partial charge in [-0.25, -0.2) is 4.79 Å². The summed E-state index contributed by atoms with van der Waals surface area (Å²) in [7, 11) is 5.14. The predicted octanol–water partition coefficient (Wildman–Crippen LogP) is 4.22. The number of amides is 1. The van der Waals surface area contributed by atoms with Gasteiger partial charge in [0, 0.05) is 24.1 Å². The van der Waals surface area contributed by atoms with Gasteiger partial charge in [0.1, 0.15) is 11.6 Å². The molecule has 8 heteroatoms. The summed E-state index contributed by atoms with van der Waals surface area (Å²) in [6.45, 7) is 3.45. The lowest BCUT2D eigenvalue weighted by atomic mass is 9.74. The van der Waals surface area contributed by atoms with Crippen LogP contribution < -0.4 is 0 Å². The monoisotopic (exact) mass is 452 g/mol. The zero-order valence-electron chi connectivity index (χ0n) is 19.0. The van der Waals surface area contributed by atoms with E-state index in [4.69, 9.17) is 21.1 Å². The molecule has 1 aromatic rings. The van der Waals surface area contributed by atoms with Crippen LogP contribution in [-0.2, 0) is 24.6 Å². The van der Waals surface area contributed by atoms with Gasteiger partial charge in [-0.15, -0.1) is 0 Å². The van der Waals surface area contributed by atoms with Crippen molar-refractivity contribution >= 4 is 29.4 Å². The van der Waals surface area contributed by atoms with E-state index in [9.17, 15) is 14.4 Å². The molecular weight excluding hydrogens is 420 g/mol. The summed E-state index contributed by atoms with van der Waals surface area (Å²) in [6, 6.07) is 6.61. The number of ether oxygens (including phenoxy) is 2. The van der Waals surface area contributed by atoms with Crippen molar-refractivity contribution in [3.63, 3.8) is 0 Å². The Bertz CT molecular complexity index is 800. The summed E-state index contributed by atoms with van der Waals surface area (Å²) >= 11 is 6.41. The summed E-state index contributed by atoms with van der Waals surface area (Å²) in [5, 5.41) is 0.422.